The second-order valence-electron chi connectivity index (χ2n) is 9.37. The number of piperidine rings is 1. The molecule has 27 heavy (non-hydrogen) atoms. The molecule has 2 bridgehead atoms. The Balaban J connectivity index is 1.69. The van der Waals surface area contributed by atoms with E-state index < -0.39 is 0 Å². The number of fused-ring (bicyclic) bond motifs is 4. The minimum atomic E-state index is 0.194. The van der Waals surface area contributed by atoms with Crippen molar-refractivity contribution in [3.05, 3.63) is 29.3 Å². The van der Waals surface area contributed by atoms with E-state index in [0.717, 1.165) is 18.1 Å². The van der Waals surface area contributed by atoms with Gasteiger partial charge in [0, 0.05) is 24.0 Å². The molecule has 0 saturated carbocycles. The van der Waals surface area contributed by atoms with E-state index in [1.807, 2.05) is 0 Å². The zero-order valence-electron chi connectivity index (χ0n) is 17.6. The van der Waals surface area contributed by atoms with Crippen molar-refractivity contribution in [3.63, 3.8) is 0 Å². The SMILES string of the molecule is COc1ccc2c(c1)[C@]1(C)CCCN(C)[C@H](C2)[C@H]1N(C)CC1CCNCC1. The molecule has 2 fully saturated rings. The third kappa shape index (κ3) is 3.52. The van der Waals surface area contributed by atoms with Gasteiger partial charge in [-0.1, -0.05) is 13.0 Å². The molecule has 150 valence electrons. The largest absolute Gasteiger partial charge is 0.497 e. The Bertz CT molecular complexity index is 657. The van der Waals surface area contributed by atoms with Gasteiger partial charge in [-0.25, -0.2) is 0 Å². The third-order valence-corrected chi connectivity index (χ3v) is 7.63. The van der Waals surface area contributed by atoms with Crippen LogP contribution in [0.1, 0.15) is 43.7 Å². The molecule has 3 atom stereocenters. The highest BCUT2D eigenvalue weighted by molar-refractivity contribution is 5.45. The molecule has 2 heterocycles. The van der Waals surface area contributed by atoms with E-state index in [4.69, 9.17) is 4.74 Å². The average molecular weight is 372 g/mol. The van der Waals surface area contributed by atoms with Crippen LogP contribution in [0.15, 0.2) is 18.2 Å². The van der Waals surface area contributed by atoms with Crippen molar-refractivity contribution in [3.8, 4) is 5.75 Å². The summed E-state index contributed by atoms with van der Waals surface area (Å²) in [6, 6.07) is 7.97. The molecule has 2 saturated heterocycles. The topological polar surface area (TPSA) is 27.7 Å². The first kappa shape index (κ1) is 19.2. The second kappa shape index (κ2) is 7.73. The van der Waals surface area contributed by atoms with Crippen LogP contribution >= 0.6 is 0 Å². The van der Waals surface area contributed by atoms with Crippen LogP contribution in [0.5, 0.6) is 5.75 Å². The van der Waals surface area contributed by atoms with E-state index in [0.29, 0.717) is 12.1 Å². The number of nitrogens with zero attached hydrogens (tertiary/aromatic N) is 2. The molecule has 1 aliphatic carbocycles. The molecule has 1 aromatic rings. The quantitative estimate of drug-likeness (QED) is 0.881. The van der Waals surface area contributed by atoms with Crippen LogP contribution in [0.25, 0.3) is 0 Å². The molecule has 1 aromatic carbocycles. The smallest absolute Gasteiger partial charge is 0.119 e. The van der Waals surface area contributed by atoms with Gasteiger partial charge in [0.1, 0.15) is 5.75 Å². The van der Waals surface area contributed by atoms with E-state index in [2.05, 4.69) is 54.3 Å². The summed E-state index contributed by atoms with van der Waals surface area (Å²) in [4.78, 5) is 5.37. The maximum atomic E-state index is 5.60. The highest BCUT2D eigenvalue weighted by Gasteiger charge is 2.50. The number of ether oxygens (including phenoxy) is 1. The molecule has 0 unspecified atom stereocenters. The fourth-order valence-electron chi connectivity index (χ4n) is 6.22. The Morgan fingerprint density at radius 2 is 2.07 bits per heavy atom. The summed E-state index contributed by atoms with van der Waals surface area (Å²) in [5.41, 5.74) is 3.26. The number of nitrogens with one attached hydrogen (secondary N) is 1. The number of hydrogen-bond donors (Lipinski definition) is 1. The fourth-order valence-corrected chi connectivity index (χ4v) is 6.22. The van der Waals surface area contributed by atoms with Crippen LogP contribution in [-0.2, 0) is 11.8 Å². The van der Waals surface area contributed by atoms with Crippen molar-refractivity contribution in [1.82, 2.24) is 15.1 Å². The summed E-state index contributed by atoms with van der Waals surface area (Å²) in [5.74, 6) is 1.84. The predicted octanol–water partition coefficient (Wildman–Crippen LogP) is 2.90. The van der Waals surface area contributed by atoms with Crippen LogP contribution in [0.3, 0.4) is 0 Å². The molecule has 4 heteroatoms. The maximum Gasteiger partial charge on any atom is 0.119 e. The van der Waals surface area contributed by atoms with Gasteiger partial charge in [-0.05, 0) is 95.0 Å². The van der Waals surface area contributed by atoms with Crippen LogP contribution in [-0.4, -0.2) is 69.3 Å². The summed E-state index contributed by atoms with van der Waals surface area (Å²) < 4.78 is 5.60. The lowest BCUT2D eigenvalue weighted by molar-refractivity contribution is 0.0523. The van der Waals surface area contributed by atoms with E-state index in [1.165, 1.54) is 63.0 Å². The van der Waals surface area contributed by atoms with Crippen molar-refractivity contribution in [2.45, 2.75) is 56.5 Å². The zero-order chi connectivity index (χ0) is 19.0. The van der Waals surface area contributed by atoms with Crippen LogP contribution in [0.4, 0.5) is 0 Å². The molecule has 1 N–H and O–H groups in total. The lowest BCUT2D eigenvalue weighted by atomic mass is 9.63. The molecular weight excluding hydrogens is 334 g/mol. The fraction of sp³-hybridized carbons (Fsp3) is 0.739. The lowest BCUT2D eigenvalue weighted by Gasteiger charge is -2.52. The maximum absolute atomic E-state index is 5.60. The third-order valence-electron chi connectivity index (χ3n) is 7.63. The Kier molecular flexibility index (Phi) is 5.50. The van der Waals surface area contributed by atoms with Gasteiger partial charge in [0.15, 0.2) is 0 Å². The van der Waals surface area contributed by atoms with Crippen LogP contribution in [0, 0.1) is 5.92 Å². The number of hydrogen-bond acceptors (Lipinski definition) is 4. The molecule has 0 aromatic heterocycles. The molecular formula is C23H37N3O. The number of rotatable bonds is 4. The molecule has 0 radical (unpaired) electrons. The van der Waals surface area contributed by atoms with Crippen molar-refractivity contribution in [2.75, 3.05) is 47.4 Å². The molecule has 4 rings (SSSR count). The zero-order valence-corrected chi connectivity index (χ0v) is 17.6. The monoisotopic (exact) mass is 371 g/mol. The number of likely N-dealkylation sites (N-methyl/N-ethyl adjacent to an activating group) is 2. The minimum absolute atomic E-state index is 0.194. The summed E-state index contributed by atoms with van der Waals surface area (Å²) >= 11 is 0. The standard InChI is InChI=1S/C23H37N3O/c1-23-10-5-13-25(2)21(14-18-6-7-19(27-4)15-20(18)23)22(23)26(3)16-17-8-11-24-12-9-17/h6-7,15,17,21-22,24H,5,8-14,16H2,1-4H3/t21-,22-,23+/m1/s1. The van der Waals surface area contributed by atoms with Crippen molar-refractivity contribution >= 4 is 0 Å². The minimum Gasteiger partial charge on any atom is -0.497 e. The Hall–Kier alpha value is -1.10. The lowest BCUT2D eigenvalue weighted by Crippen LogP contribution is -2.61. The van der Waals surface area contributed by atoms with E-state index >= 15 is 0 Å². The summed E-state index contributed by atoms with van der Waals surface area (Å²) in [7, 11) is 6.52. The second-order valence-corrected chi connectivity index (χ2v) is 9.37. The highest BCUT2D eigenvalue weighted by atomic mass is 16.5. The van der Waals surface area contributed by atoms with Crippen molar-refractivity contribution < 1.29 is 4.74 Å². The summed E-state index contributed by atoms with van der Waals surface area (Å²) in [6.45, 7) is 7.34. The van der Waals surface area contributed by atoms with Gasteiger partial charge >= 0.3 is 0 Å². The normalized spacial score (nSPS) is 32.2. The van der Waals surface area contributed by atoms with Gasteiger partial charge < -0.3 is 19.9 Å². The molecule has 4 nitrogen and oxygen atoms in total. The van der Waals surface area contributed by atoms with E-state index in [-0.39, 0.29) is 5.41 Å². The first-order valence-corrected chi connectivity index (χ1v) is 10.8. The van der Waals surface area contributed by atoms with Gasteiger partial charge in [0.2, 0.25) is 0 Å². The molecule has 3 aliphatic rings. The van der Waals surface area contributed by atoms with Crippen LogP contribution in [0.2, 0.25) is 0 Å². The molecule has 0 amide bonds. The predicted molar refractivity (Wildman–Crippen MR) is 112 cm³/mol. The van der Waals surface area contributed by atoms with Crippen molar-refractivity contribution in [1.29, 1.82) is 0 Å². The Morgan fingerprint density at radius 3 is 2.81 bits per heavy atom. The van der Waals surface area contributed by atoms with E-state index in [9.17, 15) is 0 Å². The van der Waals surface area contributed by atoms with Crippen molar-refractivity contribution in [2.24, 2.45) is 5.92 Å². The van der Waals surface area contributed by atoms with Crippen LogP contribution < -0.4 is 10.1 Å². The molecule has 0 spiro atoms. The van der Waals surface area contributed by atoms with Gasteiger partial charge in [-0.3, -0.25) is 0 Å². The highest BCUT2D eigenvalue weighted by Crippen LogP contribution is 2.47. The van der Waals surface area contributed by atoms with Gasteiger partial charge in [-0.2, -0.15) is 0 Å². The number of likely N-dealkylation sites (tertiary alicyclic amines) is 1. The number of methoxy groups -OCH3 is 1. The Labute approximate surface area is 165 Å². The Morgan fingerprint density at radius 1 is 1.30 bits per heavy atom. The van der Waals surface area contributed by atoms with Gasteiger partial charge in [0.25, 0.3) is 0 Å². The first-order chi connectivity index (χ1) is 13.0. The average Bonchev–Trinajstić information content (AvgIpc) is 2.76. The van der Waals surface area contributed by atoms with Gasteiger partial charge in [-0.15, -0.1) is 0 Å². The summed E-state index contributed by atoms with van der Waals surface area (Å²) in [5, 5.41) is 3.52. The summed E-state index contributed by atoms with van der Waals surface area (Å²) in [6.07, 6.45) is 6.33. The van der Waals surface area contributed by atoms with E-state index in [1.54, 1.807) is 7.11 Å². The van der Waals surface area contributed by atoms with Gasteiger partial charge in [0.05, 0.1) is 7.11 Å². The number of benzene rings is 1. The molecule has 2 aliphatic heterocycles. The first-order valence-electron chi connectivity index (χ1n) is 10.8.